The summed E-state index contributed by atoms with van der Waals surface area (Å²) in [5, 5.41) is 0. The van der Waals surface area contributed by atoms with Gasteiger partial charge in [0, 0.05) is 5.92 Å². The highest BCUT2D eigenvalue weighted by Gasteiger charge is 2.10. The van der Waals surface area contributed by atoms with E-state index in [1.54, 1.807) is 0 Å². The minimum Gasteiger partial charge on any atom is -0.0991 e. The second-order valence-electron chi connectivity index (χ2n) is 3.81. The zero-order chi connectivity index (χ0) is 15.1. The molecule has 0 aromatic rings. The molecule has 124 valence electrons. The maximum atomic E-state index is 3.76. The van der Waals surface area contributed by atoms with Crippen LogP contribution in [0.4, 0.5) is 0 Å². The smallest absolute Gasteiger partial charge is 0.00576 e. The zero-order valence-electron chi connectivity index (χ0n) is 13.7. The molecule has 0 spiro atoms. The molecule has 0 fully saturated rings. The fourth-order valence-corrected chi connectivity index (χ4v) is 1.82. The highest BCUT2D eigenvalue weighted by Crippen LogP contribution is 2.25. The standard InChI is InChI=1S/C15H20.2C2H6.2CH4/c1-4-9-14(10-5-2)13(3)15-11-7-6-8-12-15;2*1-2;;/h4-5,7,9-13H,1,6,8H2,2-3H3;2*1-2H3;2*1H4/b10-5-,14-9+;;;;. The van der Waals surface area contributed by atoms with Crippen LogP contribution in [0.1, 0.15) is 69.2 Å². The van der Waals surface area contributed by atoms with E-state index in [9.17, 15) is 0 Å². The van der Waals surface area contributed by atoms with Crippen molar-refractivity contribution in [2.75, 3.05) is 0 Å². The highest BCUT2D eigenvalue weighted by molar-refractivity contribution is 5.37. The van der Waals surface area contributed by atoms with Gasteiger partial charge in [0.25, 0.3) is 0 Å². The van der Waals surface area contributed by atoms with Gasteiger partial charge in [0.05, 0.1) is 0 Å². The number of rotatable bonds is 4. The molecule has 0 nitrogen and oxygen atoms in total. The SMILES string of the molecule is C.C.C=C/C=C(\C=C/C)C(C)C1=CCCC=C1.CC.CC. The van der Waals surface area contributed by atoms with Gasteiger partial charge >= 0.3 is 0 Å². The van der Waals surface area contributed by atoms with Gasteiger partial charge in [0.1, 0.15) is 0 Å². The third-order valence-corrected chi connectivity index (χ3v) is 2.69. The van der Waals surface area contributed by atoms with E-state index in [0.717, 1.165) is 0 Å². The molecule has 0 aliphatic heterocycles. The van der Waals surface area contributed by atoms with E-state index in [2.05, 4.69) is 56.9 Å². The molecule has 1 aliphatic carbocycles. The third kappa shape index (κ3) is 12.2. The second-order valence-corrected chi connectivity index (χ2v) is 3.81. The number of hydrogen-bond donors (Lipinski definition) is 0. The lowest BCUT2D eigenvalue weighted by Gasteiger charge is -2.16. The van der Waals surface area contributed by atoms with Crippen molar-refractivity contribution in [2.45, 2.75) is 69.2 Å². The molecule has 0 radical (unpaired) electrons. The quantitative estimate of drug-likeness (QED) is 0.462. The van der Waals surface area contributed by atoms with Gasteiger partial charge in [0.15, 0.2) is 0 Å². The average Bonchev–Trinajstić information content (AvgIpc) is 2.51. The molecular formula is C21H40. The van der Waals surface area contributed by atoms with Crippen molar-refractivity contribution < 1.29 is 0 Å². The van der Waals surface area contributed by atoms with Gasteiger partial charge in [-0.15, -0.1) is 0 Å². The van der Waals surface area contributed by atoms with Crippen LogP contribution in [0.25, 0.3) is 0 Å². The predicted molar refractivity (Wildman–Crippen MR) is 105 cm³/mol. The molecule has 1 atom stereocenters. The number of hydrogen-bond acceptors (Lipinski definition) is 0. The molecular weight excluding hydrogens is 252 g/mol. The van der Waals surface area contributed by atoms with Crippen molar-refractivity contribution in [3.63, 3.8) is 0 Å². The van der Waals surface area contributed by atoms with Crippen molar-refractivity contribution in [2.24, 2.45) is 5.92 Å². The first kappa shape index (κ1) is 27.9. The molecule has 0 aromatic heterocycles. The third-order valence-electron chi connectivity index (χ3n) is 2.69. The maximum absolute atomic E-state index is 3.76. The molecule has 0 saturated carbocycles. The van der Waals surface area contributed by atoms with Gasteiger partial charge < -0.3 is 0 Å². The van der Waals surface area contributed by atoms with E-state index in [1.807, 2.05) is 33.8 Å². The van der Waals surface area contributed by atoms with Crippen LogP contribution in [-0.2, 0) is 0 Å². The van der Waals surface area contributed by atoms with Crippen LogP contribution in [0.3, 0.4) is 0 Å². The lowest BCUT2D eigenvalue weighted by atomic mass is 9.89. The monoisotopic (exact) mass is 292 g/mol. The lowest BCUT2D eigenvalue weighted by molar-refractivity contribution is 0.822. The van der Waals surface area contributed by atoms with E-state index >= 15 is 0 Å². The zero-order valence-corrected chi connectivity index (χ0v) is 13.7. The molecule has 0 bridgehead atoms. The second kappa shape index (κ2) is 21.0. The van der Waals surface area contributed by atoms with Gasteiger partial charge in [-0.3, -0.25) is 0 Å². The summed E-state index contributed by atoms with van der Waals surface area (Å²) in [5.74, 6) is 0.468. The Hall–Kier alpha value is -1.30. The molecule has 0 heteroatoms. The fourth-order valence-electron chi connectivity index (χ4n) is 1.82. The van der Waals surface area contributed by atoms with E-state index < -0.39 is 0 Å². The maximum Gasteiger partial charge on any atom is 0.00576 e. The van der Waals surface area contributed by atoms with E-state index in [4.69, 9.17) is 0 Å². The summed E-state index contributed by atoms with van der Waals surface area (Å²) in [5.41, 5.74) is 2.75. The molecule has 0 N–H and O–H groups in total. The summed E-state index contributed by atoms with van der Waals surface area (Å²) < 4.78 is 0. The van der Waals surface area contributed by atoms with Crippen LogP contribution < -0.4 is 0 Å². The van der Waals surface area contributed by atoms with Crippen molar-refractivity contribution in [1.82, 2.24) is 0 Å². The summed E-state index contributed by atoms with van der Waals surface area (Å²) in [7, 11) is 0. The van der Waals surface area contributed by atoms with Gasteiger partial charge in [-0.05, 0) is 30.9 Å². The first-order chi connectivity index (χ1) is 9.29. The Bertz CT molecular complexity index is 324. The average molecular weight is 293 g/mol. The minimum atomic E-state index is 0. The fraction of sp³-hybridized carbons (Fsp3) is 0.524. The van der Waals surface area contributed by atoms with Gasteiger partial charge in [0.2, 0.25) is 0 Å². The minimum absolute atomic E-state index is 0. The summed E-state index contributed by atoms with van der Waals surface area (Å²) in [6, 6.07) is 0. The Balaban J connectivity index is -0.000000221. The van der Waals surface area contributed by atoms with Gasteiger partial charge in [-0.25, -0.2) is 0 Å². The summed E-state index contributed by atoms with van der Waals surface area (Å²) in [6.07, 6.45) is 17.4. The van der Waals surface area contributed by atoms with E-state index in [1.165, 1.54) is 24.0 Å². The first-order valence-electron chi connectivity index (χ1n) is 7.61. The van der Waals surface area contributed by atoms with Crippen LogP contribution in [0.15, 0.2) is 60.3 Å². The molecule has 0 aromatic carbocycles. The van der Waals surface area contributed by atoms with Crippen molar-refractivity contribution in [3.8, 4) is 0 Å². The normalized spacial score (nSPS) is 14.2. The number of allylic oxidation sites excluding steroid dienone is 9. The summed E-state index contributed by atoms with van der Waals surface area (Å²) in [4.78, 5) is 0. The Kier molecular flexibility index (Phi) is 28.0. The Morgan fingerprint density at radius 2 is 1.71 bits per heavy atom. The van der Waals surface area contributed by atoms with Gasteiger partial charge in [-0.1, -0.05) is 98.6 Å². The molecule has 1 aliphatic rings. The predicted octanol–water partition coefficient (Wildman–Crippen LogP) is 7.91. The highest BCUT2D eigenvalue weighted by atomic mass is 14.1. The van der Waals surface area contributed by atoms with Crippen LogP contribution >= 0.6 is 0 Å². The molecule has 1 rings (SSSR count). The van der Waals surface area contributed by atoms with Crippen LogP contribution in [0, 0.1) is 5.92 Å². The molecule has 0 heterocycles. The van der Waals surface area contributed by atoms with Crippen LogP contribution in [0.5, 0.6) is 0 Å². The van der Waals surface area contributed by atoms with Crippen molar-refractivity contribution in [3.05, 3.63) is 60.3 Å². The first-order valence-corrected chi connectivity index (χ1v) is 7.61. The topological polar surface area (TPSA) is 0 Å². The summed E-state index contributed by atoms with van der Waals surface area (Å²) in [6.45, 7) is 16.1. The Morgan fingerprint density at radius 1 is 1.14 bits per heavy atom. The molecule has 0 amide bonds. The Morgan fingerprint density at radius 3 is 2.10 bits per heavy atom. The largest absolute Gasteiger partial charge is 0.0991 e. The van der Waals surface area contributed by atoms with E-state index in [0.29, 0.717) is 5.92 Å². The summed E-state index contributed by atoms with van der Waals surface area (Å²) >= 11 is 0. The molecule has 0 saturated heterocycles. The lowest BCUT2D eigenvalue weighted by Crippen LogP contribution is -2.02. The van der Waals surface area contributed by atoms with Crippen molar-refractivity contribution in [1.29, 1.82) is 0 Å². The van der Waals surface area contributed by atoms with E-state index in [-0.39, 0.29) is 14.9 Å². The van der Waals surface area contributed by atoms with Crippen LogP contribution in [-0.4, -0.2) is 0 Å². The van der Waals surface area contributed by atoms with Crippen LogP contribution in [0.2, 0.25) is 0 Å². The van der Waals surface area contributed by atoms with Crippen molar-refractivity contribution >= 4 is 0 Å². The Labute approximate surface area is 136 Å². The molecule has 1 unspecified atom stereocenters. The van der Waals surface area contributed by atoms with Gasteiger partial charge in [-0.2, -0.15) is 0 Å². The molecule has 21 heavy (non-hydrogen) atoms.